The van der Waals surface area contributed by atoms with Crippen molar-refractivity contribution in [2.45, 2.75) is 0 Å². The molecule has 60 heavy (non-hydrogen) atoms. The van der Waals surface area contributed by atoms with Gasteiger partial charge in [0.2, 0.25) is 5.89 Å². The Morgan fingerprint density at radius 2 is 0.733 bits per heavy atom. The summed E-state index contributed by atoms with van der Waals surface area (Å²) in [6.07, 6.45) is 0. The molecule has 0 aliphatic rings. The van der Waals surface area contributed by atoms with Crippen LogP contribution < -0.4 is 0 Å². The average Bonchev–Trinajstić information content (AvgIpc) is 3.94. The van der Waals surface area contributed by atoms with Crippen molar-refractivity contribution in [1.29, 1.82) is 0 Å². The number of fused-ring (bicyclic) bond motifs is 8. The maximum atomic E-state index is 6.47. The normalized spacial score (nSPS) is 11.7. The molecule has 280 valence electrons. The van der Waals surface area contributed by atoms with Crippen LogP contribution in [-0.4, -0.2) is 19.9 Å². The first-order chi connectivity index (χ1) is 29.7. The van der Waals surface area contributed by atoms with Crippen LogP contribution in [0.2, 0.25) is 0 Å². The Morgan fingerprint density at radius 3 is 1.42 bits per heavy atom. The topological polar surface area (TPSA) is 77.8 Å². The van der Waals surface area contributed by atoms with Gasteiger partial charge < -0.3 is 8.83 Å². The second kappa shape index (κ2) is 13.7. The molecule has 0 fully saturated rings. The van der Waals surface area contributed by atoms with E-state index in [0.29, 0.717) is 28.9 Å². The number of hydrogen-bond acceptors (Lipinski definition) is 6. The molecule has 12 rings (SSSR count). The van der Waals surface area contributed by atoms with E-state index in [1.165, 1.54) is 11.1 Å². The molecule has 6 nitrogen and oxygen atoms in total. The van der Waals surface area contributed by atoms with Gasteiger partial charge in [0.15, 0.2) is 23.1 Å². The van der Waals surface area contributed by atoms with Crippen molar-refractivity contribution in [3.8, 4) is 67.9 Å². The Bertz CT molecular complexity index is 3580. The third kappa shape index (κ3) is 5.81. The van der Waals surface area contributed by atoms with E-state index in [1.54, 1.807) is 0 Å². The van der Waals surface area contributed by atoms with Gasteiger partial charge in [-0.1, -0.05) is 146 Å². The molecule has 0 N–H and O–H groups in total. The smallest absolute Gasteiger partial charge is 0.227 e. The fourth-order valence-corrected chi connectivity index (χ4v) is 8.31. The summed E-state index contributed by atoms with van der Waals surface area (Å²) >= 11 is 0. The van der Waals surface area contributed by atoms with Gasteiger partial charge in [-0.15, -0.1) is 0 Å². The highest BCUT2D eigenvalue weighted by molar-refractivity contribution is 6.25. The summed E-state index contributed by atoms with van der Waals surface area (Å²) < 4.78 is 12.8. The van der Waals surface area contributed by atoms with Crippen molar-refractivity contribution in [2.24, 2.45) is 0 Å². The van der Waals surface area contributed by atoms with Gasteiger partial charge in [0.1, 0.15) is 16.7 Å². The van der Waals surface area contributed by atoms with E-state index < -0.39 is 0 Å². The van der Waals surface area contributed by atoms with Crippen LogP contribution in [0.1, 0.15) is 0 Å². The van der Waals surface area contributed by atoms with Crippen molar-refractivity contribution >= 4 is 54.6 Å². The van der Waals surface area contributed by atoms with E-state index in [0.717, 1.165) is 82.4 Å². The minimum absolute atomic E-state index is 0.570. The van der Waals surface area contributed by atoms with E-state index in [9.17, 15) is 0 Å². The molecule has 0 amide bonds. The van der Waals surface area contributed by atoms with Gasteiger partial charge >= 0.3 is 0 Å². The molecular weight excluding hydrogens is 737 g/mol. The highest BCUT2D eigenvalue weighted by Gasteiger charge is 2.20. The van der Waals surface area contributed by atoms with Gasteiger partial charge in [0.25, 0.3) is 0 Å². The zero-order valence-electron chi connectivity index (χ0n) is 32.1. The van der Waals surface area contributed by atoms with Crippen molar-refractivity contribution in [3.05, 3.63) is 194 Å². The first-order valence-corrected chi connectivity index (χ1v) is 19.9. The number of nitrogens with zero attached hydrogens (tertiary/aromatic N) is 4. The Morgan fingerprint density at radius 1 is 0.283 bits per heavy atom. The Balaban J connectivity index is 1.03. The van der Waals surface area contributed by atoms with Gasteiger partial charge in [0, 0.05) is 27.6 Å². The van der Waals surface area contributed by atoms with Crippen LogP contribution in [-0.2, 0) is 0 Å². The van der Waals surface area contributed by atoms with E-state index in [-0.39, 0.29) is 0 Å². The lowest BCUT2D eigenvalue weighted by atomic mass is 9.99. The lowest BCUT2D eigenvalue weighted by molar-refractivity contribution is 0.619. The van der Waals surface area contributed by atoms with Crippen LogP contribution in [0.15, 0.2) is 203 Å². The van der Waals surface area contributed by atoms with Crippen LogP contribution >= 0.6 is 0 Å². The standard InChI is InChI=1S/C54H32N4O2/c1-4-10-33(11-5-1)35-16-19-37(20-17-35)51-56-52(42-25-23-40-30-39(21-22-41(40)31-42)34-12-6-2-7-13-34)58-53(57-51)43-24-18-36-26-27-45-48(44(36)32-43)49-46(59-45)28-29-47-50(49)55-54(60-47)38-14-8-3-9-15-38/h1-32H. The molecule has 0 aliphatic heterocycles. The molecule has 12 aromatic rings. The van der Waals surface area contributed by atoms with E-state index in [4.69, 9.17) is 28.8 Å². The first kappa shape index (κ1) is 33.9. The molecule has 0 spiro atoms. The molecular formula is C54H32N4O2. The Labute approximate surface area is 344 Å². The van der Waals surface area contributed by atoms with E-state index >= 15 is 0 Å². The third-order valence-corrected chi connectivity index (χ3v) is 11.3. The van der Waals surface area contributed by atoms with Crippen molar-refractivity contribution in [3.63, 3.8) is 0 Å². The molecule has 0 radical (unpaired) electrons. The summed E-state index contributed by atoms with van der Waals surface area (Å²) in [5, 5.41) is 6.22. The number of aromatic nitrogens is 4. The predicted molar refractivity (Wildman–Crippen MR) is 242 cm³/mol. The summed E-state index contributed by atoms with van der Waals surface area (Å²) in [6, 6.07) is 66.6. The number of furan rings is 1. The highest BCUT2D eigenvalue weighted by Crippen LogP contribution is 2.41. The van der Waals surface area contributed by atoms with E-state index in [2.05, 4.69) is 133 Å². The first-order valence-electron chi connectivity index (χ1n) is 19.9. The maximum Gasteiger partial charge on any atom is 0.227 e. The summed E-state index contributed by atoms with van der Waals surface area (Å²) in [4.78, 5) is 20.5. The summed E-state index contributed by atoms with van der Waals surface area (Å²) in [5.74, 6) is 2.34. The maximum absolute atomic E-state index is 6.47. The van der Waals surface area contributed by atoms with Crippen LogP contribution in [0.3, 0.4) is 0 Å². The van der Waals surface area contributed by atoms with E-state index in [1.807, 2.05) is 60.7 Å². The van der Waals surface area contributed by atoms with Crippen molar-refractivity contribution in [1.82, 2.24) is 19.9 Å². The second-order valence-corrected chi connectivity index (χ2v) is 15.0. The van der Waals surface area contributed by atoms with Gasteiger partial charge in [-0.05, 0) is 92.3 Å². The fraction of sp³-hybridized carbons (Fsp3) is 0. The average molecular weight is 769 g/mol. The molecule has 6 heteroatoms. The van der Waals surface area contributed by atoms with Crippen LogP contribution in [0, 0.1) is 0 Å². The summed E-state index contributed by atoms with van der Waals surface area (Å²) in [7, 11) is 0. The Hall–Kier alpha value is -8.22. The molecule has 0 atom stereocenters. The van der Waals surface area contributed by atoms with Crippen LogP contribution in [0.4, 0.5) is 0 Å². The van der Waals surface area contributed by atoms with Crippen molar-refractivity contribution in [2.75, 3.05) is 0 Å². The quantitative estimate of drug-likeness (QED) is 0.168. The minimum atomic E-state index is 0.570. The molecule has 0 aliphatic carbocycles. The highest BCUT2D eigenvalue weighted by atomic mass is 16.4. The molecule has 3 aromatic heterocycles. The lowest BCUT2D eigenvalue weighted by Crippen LogP contribution is -2.00. The number of rotatable bonds is 6. The molecule has 0 unspecified atom stereocenters. The molecule has 0 bridgehead atoms. The number of hydrogen-bond donors (Lipinski definition) is 0. The minimum Gasteiger partial charge on any atom is -0.456 e. The number of benzene rings is 9. The molecule has 9 aromatic carbocycles. The zero-order valence-corrected chi connectivity index (χ0v) is 32.1. The zero-order chi connectivity index (χ0) is 39.6. The second-order valence-electron chi connectivity index (χ2n) is 15.0. The van der Waals surface area contributed by atoms with Gasteiger partial charge in [0.05, 0.1) is 5.39 Å². The van der Waals surface area contributed by atoms with Crippen molar-refractivity contribution < 1.29 is 8.83 Å². The van der Waals surface area contributed by atoms with Gasteiger partial charge in [-0.3, -0.25) is 0 Å². The Kier molecular flexibility index (Phi) is 7.74. The van der Waals surface area contributed by atoms with Crippen LogP contribution in [0.5, 0.6) is 0 Å². The molecule has 0 saturated carbocycles. The largest absolute Gasteiger partial charge is 0.456 e. The van der Waals surface area contributed by atoms with Crippen LogP contribution in [0.25, 0.3) is 122 Å². The molecule has 0 saturated heterocycles. The SMILES string of the molecule is c1ccc(-c2ccc(-c3nc(-c4ccc5cc(-c6ccccc6)ccc5c4)nc(-c4ccc5ccc6oc7ccc8oc(-c9ccccc9)nc8c7c6c5c4)n3)cc2)cc1. The monoisotopic (exact) mass is 768 g/mol. The summed E-state index contributed by atoms with van der Waals surface area (Å²) in [6.45, 7) is 0. The lowest BCUT2D eigenvalue weighted by Gasteiger charge is -2.11. The van der Waals surface area contributed by atoms with Gasteiger partial charge in [-0.25, -0.2) is 19.9 Å². The summed E-state index contributed by atoms with van der Waals surface area (Å²) in [5.41, 5.74) is 11.2. The number of oxazole rings is 1. The molecule has 3 heterocycles. The predicted octanol–water partition coefficient (Wildman–Crippen LogP) is 14.2. The van der Waals surface area contributed by atoms with Gasteiger partial charge in [-0.2, -0.15) is 0 Å². The fourth-order valence-electron chi connectivity index (χ4n) is 8.31. The third-order valence-electron chi connectivity index (χ3n) is 11.3.